The SMILES string of the molecule is COC(=O)c1ccncc1CC[C@@H]1OCc2cc(N(C)c3ccc(C)cc3)ccc21.COC(=O)c1ccncc1CC[C@H]1OCc2cc(N(C)c3ccc(C)cc3)ccc21. The second-order valence-electron chi connectivity index (χ2n) is 15.3. The van der Waals surface area contributed by atoms with Gasteiger partial charge in [-0.05, 0) is 134 Å². The van der Waals surface area contributed by atoms with Crippen molar-refractivity contribution in [3.63, 3.8) is 0 Å². The summed E-state index contributed by atoms with van der Waals surface area (Å²) in [5.74, 6) is -0.659. The molecule has 0 bridgehead atoms. The Hall–Kier alpha value is -6.36. The molecule has 4 heterocycles. The molecule has 0 radical (unpaired) electrons. The zero-order chi connectivity index (χ0) is 42.2. The standard InChI is InChI=1S/2C25H26N2O3/c2*1-17-4-7-20(8-5-17)27(2)21-9-10-22-19(14-21)16-30-24(22)11-6-18-15-26-13-12-23(18)25(28)29-3/h2*4-5,7-10,12-15,24H,6,11,16H2,1-3H3/t2*24-/m10/s1. The van der Waals surface area contributed by atoms with Crippen LogP contribution in [0.1, 0.15) is 90.3 Å². The normalized spacial score (nSPS) is 15.0. The van der Waals surface area contributed by atoms with Crippen LogP contribution in [-0.2, 0) is 45.0 Å². The third kappa shape index (κ3) is 9.57. The van der Waals surface area contributed by atoms with Gasteiger partial charge in [-0.25, -0.2) is 9.59 Å². The van der Waals surface area contributed by atoms with Crippen molar-refractivity contribution in [3.05, 3.63) is 177 Å². The van der Waals surface area contributed by atoms with Gasteiger partial charge in [0.2, 0.25) is 0 Å². The number of rotatable bonds is 12. The van der Waals surface area contributed by atoms with E-state index in [9.17, 15) is 9.59 Å². The second-order valence-corrected chi connectivity index (χ2v) is 15.3. The van der Waals surface area contributed by atoms with Gasteiger partial charge >= 0.3 is 11.9 Å². The molecule has 4 aromatic carbocycles. The van der Waals surface area contributed by atoms with Gasteiger partial charge in [-0.15, -0.1) is 0 Å². The third-order valence-electron chi connectivity index (χ3n) is 11.4. The van der Waals surface area contributed by atoms with Gasteiger partial charge in [-0.3, -0.25) is 9.97 Å². The van der Waals surface area contributed by atoms with Crippen LogP contribution in [0.5, 0.6) is 0 Å². The van der Waals surface area contributed by atoms with Gasteiger partial charge in [0.1, 0.15) is 0 Å². The molecule has 308 valence electrons. The Morgan fingerprint density at radius 1 is 0.583 bits per heavy atom. The van der Waals surface area contributed by atoms with Crippen molar-refractivity contribution < 1.29 is 28.5 Å². The van der Waals surface area contributed by atoms with Gasteiger partial charge in [-0.2, -0.15) is 0 Å². The van der Waals surface area contributed by atoms with Gasteiger partial charge in [0.05, 0.1) is 50.8 Å². The van der Waals surface area contributed by atoms with Crippen molar-refractivity contribution in [1.29, 1.82) is 0 Å². The lowest BCUT2D eigenvalue weighted by atomic mass is 9.97. The van der Waals surface area contributed by atoms with Crippen LogP contribution in [0.2, 0.25) is 0 Å². The molecular weight excluding hydrogens is 753 g/mol. The molecular formula is C50H52N4O6. The number of aromatic nitrogens is 2. The number of ether oxygens (including phenoxy) is 4. The van der Waals surface area contributed by atoms with E-state index in [1.807, 2.05) is 0 Å². The molecule has 10 heteroatoms. The van der Waals surface area contributed by atoms with E-state index in [0.717, 1.165) is 46.7 Å². The van der Waals surface area contributed by atoms with Gasteiger partial charge in [0.15, 0.2) is 0 Å². The molecule has 10 nitrogen and oxygen atoms in total. The number of hydrogen-bond acceptors (Lipinski definition) is 10. The molecule has 0 amide bonds. The summed E-state index contributed by atoms with van der Waals surface area (Å²) >= 11 is 0. The summed E-state index contributed by atoms with van der Waals surface area (Å²) in [6.45, 7) is 5.39. The zero-order valence-electron chi connectivity index (χ0n) is 35.2. The van der Waals surface area contributed by atoms with Crippen LogP contribution in [0.15, 0.2) is 122 Å². The fraction of sp³-hybridized carbons (Fsp3) is 0.280. The quantitative estimate of drug-likeness (QED) is 0.111. The average molecular weight is 805 g/mol. The maximum absolute atomic E-state index is 12.0. The second kappa shape index (κ2) is 19.1. The molecule has 0 saturated heterocycles. The van der Waals surface area contributed by atoms with E-state index in [0.29, 0.717) is 37.2 Å². The van der Waals surface area contributed by atoms with Crippen LogP contribution in [0.4, 0.5) is 22.7 Å². The van der Waals surface area contributed by atoms with Gasteiger partial charge in [0, 0.05) is 61.6 Å². The van der Waals surface area contributed by atoms with E-state index in [2.05, 4.69) is 133 Å². The van der Waals surface area contributed by atoms with E-state index in [4.69, 9.17) is 18.9 Å². The number of pyridine rings is 2. The van der Waals surface area contributed by atoms with E-state index >= 15 is 0 Å². The molecule has 2 aliphatic heterocycles. The lowest BCUT2D eigenvalue weighted by Crippen LogP contribution is -2.10. The van der Waals surface area contributed by atoms with E-state index in [1.165, 1.54) is 47.6 Å². The highest BCUT2D eigenvalue weighted by Gasteiger charge is 2.26. The summed E-state index contributed by atoms with van der Waals surface area (Å²) < 4.78 is 21.9. The Morgan fingerprint density at radius 2 is 0.967 bits per heavy atom. The highest BCUT2D eigenvalue weighted by atomic mass is 16.5. The summed E-state index contributed by atoms with van der Waals surface area (Å²) in [4.78, 5) is 36.7. The first-order valence-electron chi connectivity index (χ1n) is 20.3. The van der Waals surface area contributed by atoms with Crippen LogP contribution < -0.4 is 9.80 Å². The summed E-state index contributed by atoms with van der Waals surface area (Å²) in [5, 5.41) is 0. The van der Waals surface area contributed by atoms with Crippen molar-refractivity contribution in [2.75, 3.05) is 38.1 Å². The zero-order valence-corrected chi connectivity index (χ0v) is 35.2. The van der Waals surface area contributed by atoms with Crippen LogP contribution in [-0.4, -0.2) is 50.2 Å². The first-order valence-corrected chi connectivity index (χ1v) is 20.3. The Kier molecular flexibility index (Phi) is 13.3. The minimum absolute atomic E-state index is 0.0180. The first kappa shape index (κ1) is 41.8. The maximum atomic E-state index is 12.0. The van der Waals surface area contributed by atoms with Crippen molar-refractivity contribution >= 4 is 34.7 Å². The molecule has 0 spiro atoms. The minimum atomic E-state index is -0.330. The van der Waals surface area contributed by atoms with Crippen molar-refractivity contribution in [3.8, 4) is 0 Å². The smallest absolute Gasteiger partial charge is 0.338 e. The molecule has 0 saturated carbocycles. The number of fused-ring (bicyclic) bond motifs is 2. The number of carbonyl (C=O) groups excluding carboxylic acids is 2. The molecule has 2 aromatic heterocycles. The fourth-order valence-electron chi connectivity index (χ4n) is 7.80. The average Bonchev–Trinajstić information content (AvgIpc) is 3.90. The van der Waals surface area contributed by atoms with Crippen molar-refractivity contribution in [2.24, 2.45) is 0 Å². The monoisotopic (exact) mass is 804 g/mol. The van der Waals surface area contributed by atoms with Gasteiger partial charge in [0.25, 0.3) is 0 Å². The highest BCUT2D eigenvalue weighted by Crippen LogP contribution is 2.39. The number of methoxy groups -OCH3 is 2. The number of benzene rings is 4. The fourth-order valence-corrected chi connectivity index (χ4v) is 7.80. The number of esters is 2. The van der Waals surface area contributed by atoms with E-state index in [-0.39, 0.29) is 24.1 Å². The van der Waals surface area contributed by atoms with Crippen LogP contribution in [0.25, 0.3) is 0 Å². The number of anilines is 4. The Labute approximate surface area is 352 Å². The van der Waals surface area contributed by atoms with E-state index < -0.39 is 0 Å². The Bertz CT molecular complexity index is 2260. The van der Waals surface area contributed by atoms with Crippen molar-refractivity contribution in [1.82, 2.24) is 9.97 Å². The largest absolute Gasteiger partial charge is 0.465 e. The molecule has 8 rings (SSSR count). The summed E-state index contributed by atoms with van der Waals surface area (Å²) in [7, 11) is 6.95. The predicted molar refractivity (Wildman–Crippen MR) is 234 cm³/mol. The van der Waals surface area contributed by atoms with Crippen LogP contribution in [0, 0.1) is 13.8 Å². The highest BCUT2D eigenvalue weighted by molar-refractivity contribution is 5.91. The molecule has 60 heavy (non-hydrogen) atoms. The molecule has 0 aliphatic carbocycles. The lowest BCUT2D eigenvalue weighted by Gasteiger charge is -2.21. The van der Waals surface area contributed by atoms with Crippen molar-refractivity contribution in [2.45, 2.75) is 65.0 Å². The topological polar surface area (TPSA) is 103 Å². The lowest BCUT2D eigenvalue weighted by molar-refractivity contribution is 0.0577. The van der Waals surface area contributed by atoms with Crippen LogP contribution >= 0.6 is 0 Å². The summed E-state index contributed by atoms with van der Waals surface area (Å²) in [5.41, 5.74) is 14.9. The molecule has 2 aliphatic rings. The molecule has 6 aromatic rings. The number of hydrogen-bond donors (Lipinski definition) is 0. The van der Waals surface area contributed by atoms with E-state index in [1.54, 1.807) is 36.9 Å². The number of carbonyl (C=O) groups is 2. The van der Waals surface area contributed by atoms with Crippen LogP contribution in [0.3, 0.4) is 0 Å². The predicted octanol–water partition coefficient (Wildman–Crippen LogP) is 10.3. The van der Waals surface area contributed by atoms with Gasteiger partial charge < -0.3 is 28.7 Å². The maximum Gasteiger partial charge on any atom is 0.338 e. The number of aryl methyl sites for hydroxylation is 4. The molecule has 0 unspecified atom stereocenters. The van der Waals surface area contributed by atoms with Gasteiger partial charge in [-0.1, -0.05) is 47.5 Å². The number of nitrogens with zero attached hydrogens (tertiary/aromatic N) is 4. The summed E-state index contributed by atoms with van der Waals surface area (Å²) in [6, 6.07) is 33.5. The Morgan fingerprint density at radius 3 is 1.35 bits per heavy atom. The minimum Gasteiger partial charge on any atom is -0.465 e. The third-order valence-corrected chi connectivity index (χ3v) is 11.4. The molecule has 0 fully saturated rings. The molecule has 2 atom stereocenters. The first-order chi connectivity index (χ1) is 29.1. The summed E-state index contributed by atoms with van der Waals surface area (Å²) in [6.07, 6.45) is 9.72. The Balaban J connectivity index is 0.000000181. The molecule has 0 N–H and O–H groups in total.